The Kier molecular flexibility index (Phi) is 9.25. The molecule has 1 saturated heterocycles. The molecule has 1 atom stereocenters. The summed E-state index contributed by atoms with van der Waals surface area (Å²) in [5.74, 6) is 0.767. The molecular formula is C16H27BrCl2N2O2. The third kappa shape index (κ3) is 5.40. The van der Waals surface area contributed by atoms with Gasteiger partial charge in [0.2, 0.25) is 0 Å². The Labute approximate surface area is 159 Å². The molecule has 0 bridgehead atoms. The first-order valence-electron chi connectivity index (χ1n) is 7.35. The Hall–Kier alpha value is -0.200. The zero-order valence-electron chi connectivity index (χ0n) is 14.1. The number of nitrogens with zero attached hydrogens (tertiary/aromatic N) is 1. The van der Waals surface area contributed by atoms with E-state index in [1.165, 1.54) is 0 Å². The maximum Gasteiger partial charge on any atom is 0.162 e. The number of phenols is 1. The minimum atomic E-state index is 0. The summed E-state index contributed by atoms with van der Waals surface area (Å²) in [5, 5.41) is 14.0. The first-order chi connectivity index (χ1) is 9.84. The lowest BCUT2D eigenvalue weighted by atomic mass is 9.80. The molecule has 0 spiro atoms. The molecule has 0 aliphatic carbocycles. The van der Waals surface area contributed by atoms with E-state index in [0.29, 0.717) is 5.75 Å². The van der Waals surface area contributed by atoms with Crippen LogP contribution in [0.4, 0.5) is 0 Å². The van der Waals surface area contributed by atoms with Gasteiger partial charge in [-0.1, -0.05) is 36.7 Å². The van der Waals surface area contributed by atoms with Crippen molar-refractivity contribution in [2.75, 3.05) is 33.3 Å². The van der Waals surface area contributed by atoms with Crippen LogP contribution in [0.5, 0.6) is 11.5 Å². The van der Waals surface area contributed by atoms with Crippen LogP contribution in [0.2, 0.25) is 0 Å². The second kappa shape index (κ2) is 9.33. The highest BCUT2D eigenvalue weighted by Crippen LogP contribution is 2.46. The summed E-state index contributed by atoms with van der Waals surface area (Å²) in [7, 11) is 1.59. The van der Waals surface area contributed by atoms with Crippen molar-refractivity contribution >= 4 is 40.7 Å². The molecule has 4 nitrogen and oxygen atoms in total. The Morgan fingerprint density at radius 2 is 1.78 bits per heavy atom. The lowest BCUT2D eigenvalue weighted by Gasteiger charge is -2.43. The van der Waals surface area contributed by atoms with Gasteiger partial charge >= 0.3 is 0 Å². The predicted molar refractivity (Wildman–Crippen MR) is 103 cm³/mol. The number of phenolic OH excluding ortho intramolecular Hbond substituents is 1. The first kappa shape index (κ1) is 22.8. The molecule has 0 unspecified atom stereocenters. The smallest absolute Gasteiger partial charge is 0.162 e. The van der Waals surface area contributed by atoms with Crippen molar-refractivity contribution in [3.8, 4) is 11.5 Å². The summed E-state index contributed by atoms with van der Waals surface area (Å²) >= 11 is 3.53. The molecule has 0 aromatic heterocycles. The first-order valence-corrected chi connectivity index (χ1v) is 8.15. The fourth-order valence-electron chi connectivity index (χ4n) is 3.11. The summed E-state index contributed by atoms with van der Waals surface area (Å²) in [5.41, 5.74) is 0.941. The maximum atomic E-state index is 10.6. The van der Waals surface area contributed by atoms with Crippen LogP contribution in [-0.4, -0.2) is 43.3 Å². The third-order valence-electron chi connectivity index (χ3n) is 3.92. The van der Waals surface area contributed by atoms with Gasteiger partial charge in [0.25, 0.3) is 0 Å². The van der Waals surface area contributed by atoms with E-state index in [1.807, 2.05) is 6.07 Å². The number of rotatable bonds is 3. The molecule has 0 radical (unpaired) electrons. The number of ether oxygens (including phenoxy) is 1. The summed E-state index contributed by atoms with van der Waals surface area (Å²) in [6.45, 7) is 10.6. The van der Waals surface area contributed by atoms with E-state index in [-0.39, 0.29) is 42.0 Å². The molecule has 134 valence electrons. The van der Waals surface area contributed by atoms with E-state index < -0.39 is 0 Å². The number of hydrogen-bond donors (Lipinski definition) is 2. The van der Waals surface area contributed by atoms with Crippen molar-refractivity contribution < 1.29 is 9.84 Å². The minimum absolute atomic E-state index is 0. The van der Waals surface area contributed by atoms with Crippen LogP contribution < -0.4 is 10.1 Å². The maximum absolute atomic E-state index is 10.6. The van der Waals surface area contributed by atoms with Crippen LogP contribution in [0.15, 0.2) is 16.6 Å². The molecule has 0 saturated carbocycles. The highest BCUT2D eigenvalue weighted by molar-refractivity contribution is 9.10. The molecule has 1 aliphatic heterocycles. The molecule has 2 rings (SSSR count). The van der Waals surface area contributed by atoms with Crippen LogP contribution in [-0.2, 0) is 0 Å². The Morgan fingerprint density at radius 1 is 1.22 bits per heavy atom. The number of nitrogens with one attached hydrogen (secondary N) is 1. The van der Waals surface area contributed by atoms with Gasteiger partial charge in [0.1, 0.15) is 0 Å². The highest BCUT2D eigenvalue weighted by atomic mass is 79.9. The topological polar surface area (TPSA) is 44.7 Å². The number of piperazine rings is 1. The second-order valence-corrected chi connectivity index (χ2v) is 7.52. The molecule has 0 amide bonds. The highest BCUT2D eigenvalue weighted by Gasteiger charge is 2.35. The van der Waals surface area contributed by atoms with Crippen LogP contribution in [0.3, 0.4) is 0 Å². The van der Waals surface area contributed by atoms with Gasteiger partial charge in [-0.2, -0.15) is 0 Å². The monoisotopic (exact) mass is 428 g/mol. The van der Waals surface area contributed by atoms with Crippen LogP contribution >= 0.6 is 40.7 Å². The number of benzene rings is 1. The summed E-state index contributed by atoms with van der Waals surface area (Å²) in [4.78, 5) is 2.44. The standard InChI is InChI=1S/C16H25BrN2O2.2ClH/c1-16(2,3)15(19-7-5-18-6-8-19)12-9-11(17)10-13(21-4)14(12)20;;/h9-10,15,18,20H,5-8H2,1-4H3;2*1H/t15-;;/m1../s1. The number of halogens is 3. The molecule has 1 heterocycles. The predicted octanol–water partition coefficient (Wildman–Crippen LogP) is 4.00. The molecule has 1 fully saturated rings. The second-order valence-electron chi connectivity index (χ2n) is 6.60. The van der Waals surface area contributed by atoms with Crippen molar-refractivity contribution in [3.05, 3.63) is 22.2 Å². The molecule has 1 aliphatic rings. The van der Waals surface area contributed by atoms with Crippen molar-refractivity contribution in [2.45, 2.75) is 26.8 Å². The molecule has 7 heteroatoms. The van der Waals surface area contributed by atoms with E-state index in [0.717, 1.165) is 36.2 Å². The van der Waals surface area contributed by atoms with Crippen molar-refractivity contribution in [1.29, 1.82) is 0 Å². The third-order valence-corrected chi connectivity index (χ3v) is 4.38. The van der Waals surface area contributed by atoms with E-state index in [1.54, 1.807) is 13.2 Å². The molecular weight excluding hydrogens is 403 g/mol. The van der Waals surface area contributed by atoms with Gasteiger partial charge in [-0.25, -0.2) is 0 Å². The van der Waals surface area contributed by atoms with Crippen molar-refractivity contribution in [3.63, 3.8) is 0 Å². The quantitative estimate of drug-likeness (QED) is 0.762. The molecule has 23 heavy (non-hydrogen) atoms. The lowest BCUT2D eigenvalue weighted by Crippen LogP contribution is -2.48. The molecule has 1 aromatic carbocycles. The summed E-state index contributed by atoms with van der Waals surface area (Å²) < 4.78 is 6.23. The largest absolute Gasteiger partial charge is 0.504 e. The van der Waals surface area contributed by atoms with Gasteiger partial charge in [0, 0.05) is 42.3 Å². The number of aromatic hydroxyl groups is 1. The number of hydrogen-bond acceptors (Lipinski definition) is 4. The molecule has 1 aromatic rings. The van der Waals surface area contributed by atoms with Crippen molar-refractivity contribution in [1.82, 2.24) is 10.2 Å². The zero-order valence-corrected chi connectivity index (χ0v) is 17.3. The fourth-order valence-corrected chi connectivity index (χ4v) is 3.56. The van der Waals surface area contributed by atoms with Crippen LogP contribution in [0.25, 0.3) is 0 Å². The van der Waals surface area contributed by atoms with Crippen molar-refractivity contribution in [2.24, 2.45) is 5.41 Å². The van der Waals surface area contributed by atoms with E-state index in [9.17, 15) is 5.11 Å². The Balaban J connectivity index is 0.00000242. The SMILES string of the molecule is COc1cc(Br)cc([C@@H](N2CCNCC2)C(C)(C)C)c1O.Cl.Cl. The van der Waals surface area contributed by atoms with Crippen LogP contribution in [0, 0.1) is 5.41 Å². The average molecular weight is 430 g/mol. The van der Waals surface area contributed by atoms with Gasteiger partial charge in [-0.15, -0.1) is 24.8 Å². The number of methoxy groups -OCH3 is 1. The zero-order chi connectivity index (χ0) is 15.6. The van der Waals surface area contributed by atoms with E-state index in [4.69, 9.17) is 4.74 Å². The van der Waals surface area contributed by atoms with Crippen LogP contribution in [0.1, 0.15) is 32.4 Å². The fraction of sp³-hybridized carbons (Fsp3) is 0.625. The average Bonchev–Trinajstić information content (AvgIpc) is 2.42. The van der Waals surface area contributed by atoms with E-state index >= 15 is 0 Å². The van der Waals surface area contributed by atoms with Gasteiger partial charge in [-0.3, -0.25) is 4.90 Å². The van der Waals surface area contributed by atoms with Gasteiger partial charge in [0.05, 0.1) is 7.11 Å². The normalized spacial score (nSPS) is 16.9. The van der Waals surface area contributed by atoms with Gasteiger partial charge in [0.15, 0.2) is 11.5 Å². The van der Waals surface area contributed by atoms with Gasteiger partial charge < -0.3 is 15.2 Å². The summed E-state index contributed by atoms with van der Waals surface area (Å²) in [6.07, 6.45) is 0. The minimum Gasteiger partial charge on any atom is -0.504 e. The van der Waals surface area contributed by atoms with Gasteiger partial charge in [-0.05, 0) is 17.5 Å². The summed E-state index contributed by atoms with van der Waals surface area (Å²) in [6, 6.07) is 3.96. The van der Waals surface area contributed by atoms with E-state index in [2.05, 4.69) is 46.9 Å². The lowest BCUT2D eigenvalue weighted by molar-refractivity contribution is 0.0839. The Morgan fingerprint density at radius 3 is 2.26 bits per heavy atom. The molecule has 2 N–H and O–H groups in total. The Bertz CT molecular complexity index is 504.